The van der Waals surface area contributed by atoms with Crippen molar-refractivity contribution in [2.75, 3.05) is 26.2 Å². The summed E-state index contributed by atoms with van der Waals surface area (Å²) in [5.41, 5.74) is 12.6. The van der Waals surface area contributed by atoms with Gasteiger partial charge in [-0.15, -0.1) is 0 Å². The quantitative estimate of drug-likeness (QED) is 0.309. The smallest absolute Gasteiger partial charge is 0.192 e. The molecule has 6 rings (SSSR count). The Morgan fingerprint density at radius 3 is 2.70 bits per heavy atom. The molecule has 4 aromatic carbocycles. The standard InChI is InChI=1S/C32H31N3O2/c33-14-13-26-21-35(20-22-5-3-8-25(17-22)32(36)31-19-34-15-16-37-31)30-12-11-24(18-29(26)30)28-10-4-7-23-6-1-2-9-27(23)28/h1-12,17-18,21,31,34H,13-16,19-20,33H2. The molecule has 5 nitrogen and oxygen atoms in total. The van der Waals surface area contributed by atoms with Crippen LogP contribution in [0.25, 0.3) is 32.8 Å². The normalized spacial score (nSPS) is 15.9. The fraction of sp³-hybridized carbons (Fsp3) is 0.219. The number of nitrogens with one attached hydrogen (secondary N) is 1. The number of morpholine rings is 1. The van der Waals surface area contributed by atoms with Gasteiger partial charge in [0.2, 0.25) is 0 Å². The van der Waals surface area contributed by atoms with E-state index in [-0.39, 0.29) is 5.78 Å². The Morgan fingerprint density at radius 1 is 0.973 bits per heavy atom. The zero-order valence-electron chi connectivity index (χ0n) is 20.8. The summed E-state index contributed by atoms with van der Waals surface area (Å²) in [5, 5.41) is 6.96. The first-order chi connectivity index (χ1) is 18.2. The molecule has 5 heteroatoms. The van der Waals surface area contributed by atoms with Gasteiger partial charge in [0.05, 0.1) is 6.61 Å². The van der Waals surface area contributed by atoms with Crippen molar-refractivity contribution in [2.45, 2.75) is 19.1 Å². The minimum Gasteiger partial charge on any atom is -0.367 e. The summed E-state index contributed by atoms with van der Waals surface area (Å²) in [6.07, 6.45) is 2.61. The largest absolute Gasteiger partial charge is 0.367 e. The van der Waals surface area contributed by atoms with E-state index < -0.39 is 6.10 Å². The molecule has 0 bridgehead atoms. The molecule has 1 fully saturated rings. The topological polar surface area (TPSA) is 69.3 Å². The highest BCUT2D eigenvalue weighted by Gasteiger charge is 2.23. The third kappa shape index (κ3) is 4.69. The SMILES string of the molecule is NCCc1cn(Cc2cccc(C(=O)C3CNCCO3)c2)c2ccc(-c3cccc4ccccc34)cc12. The summed E-state index contributed by atoms with van der Waals surface area (Å²) in [6.45, 7) is 3.19. The number of hydrogen-bond acceptors (Lipinski definition) is 4. The summed E-state index contributed by atoms with van der Waals surface area (Å²) in [4.78, 5) is 13.0. The fourth-order valence-corrected chi connectivity index (χ4v) is 5.44. The number of fused-ring (bicyclic) bond motifs is 2. The van der Waals surface area contributed by atoms with Gasteiger partial charge >= 0.3 is 0 Å². The lowest BCUT2D eigenvalue weighted by atomic mass is 9.96. The Balaban J connectivity index is 1.35. The molecule has 37 heavy (non-hydrogen) atoms. The Labute approximate surface area is 216 Å². The first-order valence-corrected chi connectivity index (χ1v) is 13.0. The van der Waals surface area contributed by atoms with Gasteiger partial charge in [-0.05, 0) is 64.2 Å². The maximum absolute atomic E-state index is 13.0. The van der Waals surface area contributed by atoms with Crippen LogP contribution in [0.3, 0.4) is 0 Å². The van der Waals surface area contributed by atoms with Crippen LogP contribution in [0.4, 0.5) is 0 Å². The van der Waals surface area contributed by atoms with Crippen molar-refractivity contribution in [1.29, 1.82) is 0 Å². The third-order valence-electron chi connectivity index (χ3n) is 7.26. The Hall–Kier alpha value is -3.77. The molecule has 1 aliphatic rings. The number of nitrogens with two attached hydrogens (primary N) is 1. The molecule has 0 radical (unpaired) electrons. The van der Waals surface area contributed by atoms with E-state index in [1.807, 2.05) is 18.2 Å². The van der Waals surface area contributed by atoms with Gasteiger partial charge in [0.25, 0.3) is 0 Å². The van der Waals surface area contributed by atoms with Crippen LogP contribution in [0.5, 0.6) is 0 Å². The first-order valence-electron chi connectivity index (χ1n) is 13.0. The number of carbonyl (C=O) groups excluding carboxylic acids is 1. The molecule has 3 N–H and O–H groups in total. The highest BCUT2D eigenvalue weighted by Crippen LogP contribution is 2.33. The molecule has 0 amide bonds. The molecule has 1 saturated heterocycles. The number of hydrogen-bond donors (Lipinski definition) is 2. The van der Waals surface area contributed by atoms with E-state index in [2.05, 4.69) is 82.8 Å². The van der Waals surface area contributed by atoms with E-state index in [9.17, 15) is 4.79 Å². The van der Waals surface area contributed by atoms with Crippen molar-refractivity contribution in [1.82, 2.24) is 9.88 Å². The molecule has 1 aromatic heterocycles. The van der Waals surface area contributed by atoms with Crippen molar-refractivity contribution in [3.05, 3.63) is 108 Å². The van der Waals surface area contributed by atoms with Gasteiger partial charge in [0.15, 0.2) is 5.78 Å². The second-order valence-electron chi connectivity index (χ2n) is 9.71. The molecule has 0 aliphatic carbocycles. The molecule has 1 aliphatic heterocycles. The van der Waals surface area contributed by atoms with Crippen LogP contribution < -0.4 is 11.1 Å². The Kier molecular flexibility index (Phi) is 6.58. The molecule has 2 heterocycles. The van der Waals surface area contributed by atoms with Gasteiger partial charge in [-0.25, -0.2) is 0 Å². The number of aromatic nitrogens is 1. The van der Waals surface area contributed by atoms with Crippen molar-refractivity contribution in [3.8, 4) is 11.1 Å². The molecular formula is C32H31N3O2. The maximum Gasteiger partial charge on any atom is 0.192 e. The lowest BCUT2D eigenvalue weighted by Crippen LogP contribution is -2.43. The van der Waals surface area contributed by atoms with E-state index in [0.717, 1.165) is 18.5 Å². The minimum absolute atomic E-state index is 0.0370. The number of benzene rings is 4. The van der Waals surface area contributed by atoms with Gasteiger partial charge in [0, 0.05) is 42.3 Å². The van der Waals surface area contributed by atoms with E-state index in [0.29, 0.717) is 31.8 Å². The van der Waals surface area contributed by atoms with Crippen molar-refractivity contribution in [3.63, 3.8) is 0 Å². The highest BCUT2D eigenvalue weighted by molar-refractivity contribution is 6.00. The Morgan fingerprint density at radius 2 is 1.84 bits per heavy atom. The van der Waals surface area contributed by atoms with Crippen LogP contribution in [0.2, 0.25) is 0 Å². The van der Waals surface area contributed by atoms with Crippen LogP contribution in [0, 0.1) is 0 Å². The van der Waals surface area contributed by atoms with Crippen LogP contribution in [0.15, 0.2) is 91.1 Å². The second kappa shape index (κ2) is 10.3. The monoisotopic (exact) mass is 489 g/mol. The highest BCUT2D eigenvalue weighted by atomic mass is 16.5. The lowest BCUT2D eigenvalue weighted by molar-refractivity contribution is 0.0269. The molecular weight excluding hydrogens is 458 g/mol. The molecule has 0 spiro atoms. The van der Waals surface area contributed by atoms with Gasteiger partial charge in [-0.3, -0.25) is 4.79 Å². The molecule has 1 unspecified atom stereocenters. The fourth-order valence-electron chi connectivity index (χ4n) is 5.44. The lowest BCUT2D eigenvalue weighted by Gasteiger charge is -2.22. The molecule has 0 saturated carbocycles. The van der Waals surface area contributed by atoms with Gasteiger partial charge in [-0.1, -0.05) is 66.7 Å². The van der Waals surface area contributed by atoms with Gasteiger partial charge < -0.3 is 20.4 Å². The third-order valence-corrected chi connectivity index (χ3v) is 7.26. The molecule has 1 atom stereocenters. The summed E-state index contributed by atoms with van der Waals surface area (Å²) in [5.74, 6) is 0.0370. The summed E-state index contributed by atoms with van der Waals surface area (Å²) < 4.78 is 7.96. The second-order valence-corrected chi connectivity index (χ2v) is 9.71. The predicted molar refractivity (Wildman–Crippen MR) is 150 cm³/mol. The first kappa shape index (κ1) is 23.6. The van der Waals surface area contributed by atoms with Crippen LogP contribution >= 0.6 is 0 Å². The number of ether oxygens (including phenoxy) is 1. The van der Waals surface area contributed by atoms with E-state index in [1.54, 1.807) is 0 Å². The van der Waals surface area contributed by atoms with E-state index in [1.165, 1.54) is 38.4 Å². The predicted octanol–water partition coefficient (Wildman–Crippen LogP) is 5.18. The average molecular weight is 490 g/mol. The summed E-state index contributed by atoms with van der Waals surface area (Å²) in [6, 6.07) is 29.6. The number of rotatable bonds is 7. The molecule has 186 valence electrons. The number of nitrogens with zero attached hydrogens (tertiary/aromatic N) is 1. The van der Waals surface area contributed by atoms with Crippen molar-refractivity contribution >= 4 is 27.5 Å². The number of Topliss-reactive ketones (excluding diaryl/α,β-unsaturated/α-hetero) is 1. The zero-order chi connectivity index (χ0) is 25.2. The number of ketones is 1. The summed E-state index contributed by atoms with van der Waals surface area (Å²) in [7, 11) is 0. The number of carbonyl (C=O) groups is 1. The van der Waals surface area contributed by atoms with Crippen LogP contribution in [-0.2, 0) is 17.7 Å². The minimum atomic E-state index is -0.417. The maximum atomic E-state index is 13.0. The summed E-state index contributed by atoms with van der Waals surface area (Å²) >= 11 is 0. The van der Waals surface area contributed by atoms with Gasteiger partial charge in [-0.2, -0.15) is 0 Å². The van der Waals surface area contributed by atoms with E-state index in [4.69, 9.17) is 10.5 Å². The van der Waals surface area contributed by atoms with Crippen molar-refractivity contribution in [2.24, 2.45) is 5.73 Å². The van der Waals surface area contributed by atoms with Crippen LogP contribution in [-0.4, -0.2) is 42.7 Å². The molecule has 5 aromatic rings. The van der Waals surface area contributed by atoms with E-state index >= 15 is 0 Å². The van der Waals surface area contributed by atoms with Gasteiger partial charge in [0.1, 0.15) is 6.10 Å². The van der Waals surface area contributed by atoms with Crippen molar-refractivity contribution < 1.29 is 9.53 Å². The zero-order valence-corrected chi connectivity index (χ0v) is 20.8. The van der Waals surface area contributed by atoms with Crippen LogP contribution in [0.1, 0.15) is 21.5 Å². The Bertz CT molecular complexity index is 1570. The average Bonchev–Trinajstić information content (AvgIpc) is 3.29.